The first kappa shape index (κ1) is 12.5. The van der Waals surface area contributed by atoms with E-state index in [1.807, 2.05) is 0 Å². The average molecular weight is 231 g/mol. The van der Waals surface area contributed by atoms with Crippen LogP contribution in [0.25, 0.3) is 0 Å². The van der Waals surface area contributed by atoms with E-state index in [1.165, 1.54) is 13.1 Å². The monoisotopic (exact) mass is 231 g/mol. The standard InChI is InChI=1S/C11H9F4N/c1-3-9(16-2)7-5-4-6-8(10(7)12)11(13,14)15/h1,4-6,9,16H,2H3. The van der Waals surface area contributed by atoms with Crippen molar-refractivity contribution >= 4 is 0 Å². The smallest absolute Gasteiger partial charge is 0.303 e. The van der Waals surface area contributed by atoms with E-state index in [9.17, 15) is 17.6 Å². The van der Waals surface area contributed by atoms with E-state index in [0.717, 1.165) is 6.07 Å². The quantitative estimate of drug-likeness (QED) is 0.609. The van der Waals surface area contributed by atoms with E-state index in [-0.39, 0.29) is 5.56 Å². The van der Waals surface area contributed by atoms with E-state index in [4.69, 9.17) is 6.42 Å². The number of benzene rings is 1. The lowest BCUT2D eigenvalue weighted by atomic mass is 10.0. The molecule has 0 fully saturated rings. The lowest BCUT2D eigenvalue weighted by Gasteiger charge is -2.14. The first-order chi connectivity index (χ1) is 7.41. The van der Waals surface area contributed by atoms with Gasteiger partial charge in [0.2, 0.25) is 0 Å². The molecule has 16 heavy (non-hydrogen) atoms. The molecule has 0 aromatic heterocycles. The summed E-state index contributed by atoms with van der Waals surface area (Å²) in [6.45, 7) is 0. The Morgan fingerprint density at radius 3 is 2.44 bits per heavy atom. The van der Waals surface area contributed by atoms with Crippen molar-refractivity contribution in [1.82, 2.24) is 5.32 Å². The van der Waals surface area contributed by atoms with Gasteiger partial charge in [-0.25, -0.2) is 4.39 Å². The summed E-state index contributed by atoms with van der Waals surface area (Å²) in [7, 11) is 1.45. The molecule has 1 unspecified atom stereocenters. The zero-order chi connectivity index (χ0) is 12.3. The van der Waals surface area contributed by atoms with Crippen molar-refractivity contribution in [1.29, 1.82) is 0 Å². The van der Waals surface area contributed by atoms with Crippen LogP contribution in [-0.2, 0) is 6.18 Å². The van der Waals surface area contributed by atoms with Gasteiger partial charge in [0.25, 0.3) is 0 Å². The van der Waals surface area contributed by atoms with Gasteiger partial charge < -0.3 is 5.32 Å². The Labute approximate surface area is 90.5 Å². The molecule has 5 heteroatoms. The molecule has 86 valence electrons. The van der Waals surface area contributed by atoms with Gasteiger partial charge in [-0.3, -0.25) is 0 Å². The molecule has 0 aliphatic carbocycles. The van der Waals surface area contributed by atoms with E-state index < -0.39 is 23.6 Å². The van der Waals surface area contributed by atoms with Gasteiger partial charge >= 0.3 is 6.18 Å². The average Bonchev–Trinajstić information content (AvgIpc) is 2.20. The Morgan fingerprint density at radius 1 is 1.38 bits per heavy atom. The second kappa shape index (κ2) is 4.54. The Morgan fingerprint density at radius 2 is 2.00 bits per heavy atom. The molecule has 0 aliphatic rings. The highest BCUT2D eigenvalue weighted by Crippen LogP contribution is 2.33. The Balaban J connectivity index is 3.30. The molecule has 1 nitrogen and oxygen atoms in total. The third kappa shape index (κ3) is 2.34. The summed E-state index contributed by atoms with van der Waals surface area (Å²) in [6.07, 6.45) is 0.368. The minimum absolute atomic E-state index is 0.181. The van der Waals surface area contributed by atoms with Crippen molar-refractivity contribution in [2.75, 3.05) is 7.05 Å². The molecule has 0 heterocycles. The minimum Gasteiger partial charge on any atom is -0.303 e. The molecule has 1 N–H and O–H groups in total. The summed E-state index contributed by atoms with van der Waals surface area (Å²) in [5, 5.41) is 2.54. The zero-order valence-corrected chi connectivity index (χ0v) is 8.40. The van der Waals surface area contributed by atoms with Crippen LogP contribution in [0.4, 0.5) is 17.6 Å². The summed E-state index contributed by atoms with van der Waals surface area (Å²) < 4.78 is 50.7. The Bertz CT molecular complexity index is 417. The Hall–Kier alpha value is -1.54. The van der Waals surface area contributed by atoms with Gasteiger partial charge in [-0.05, 0) is 13.1 Å². The van der Waals surface area contributed by atoms with Gasteiger partial charge in [0.15, 0.2) is 0 Å². The third-order valence-electron chi connectivity index (χ3n) is 2.10. The summed E-state index contributed by atoms with van der Waals surface area (Å²) in [5.74, 6) is 0.842. The highest BCUT2D eigenvalue weighted by molar-refractivity contribution is 5.33. The number of halogens is 4. The molecule has 1 rings (SSSR count). The van der Waals surface area contributed by atoms with E-state index >= 15 is 0 Å². The maximum atomic E-state index is 13.5. The second-order valence-electron chi connectivity index (χ2n) is 3.09. The SMILES string of the molecule is C#CC(NC)c1cccc(C(F)(F)F)c1F. The lowest BCUT2D eigenvalue weighted by molar-refractivity contribution is -0.140. The number of alkyl halides is 3. The van der Waals surface area contributed by atoms with Crippen molar-refractivity contribution in [2.45, 2.75) is 12.2 Å². The fraction of sp³-hybridized carbons (Fsp3) is 0.273. The highest BCUT2D eigenvalue weighted by atomic mass is 19.4. The minimum atomic E-state index is -4.72. The van der Waals surface area contributed by atoms with Gasteiger partial charge in [0.1, 0.15) is 5.82 Å². The van der Waals surface area contributed by atoms with Crippen LogP contribution >= 0.6 is 0 Å². The van der Waals surface area contributed by atoms with Gasteiger partial charge in [-0.15, -0.1) is 6.42 Å². The van der Waals surface area contributed by atoms with Crippen LogP contribution in [-0.4, -0.2) is 7.05 Å². The fourth-order valence-electron chi connectivity index (χ4n) is 1.32. The molecule has 0 bridgehead atoms. The largest absolute Gasteiger partial charge is 0.419 e. The number of rotatable bonds is 2. The van der Waals surface area contributed by atoms with Crippen LogP contribution in [0.15, 0.2) is 18.2 Å². The maximum Gasteiger partial charge on any atom is 0.419 e. The first-order valence-corrected chi connectivity index (χ1v) is 4.40. The van der Waals surface area contributed by atoms with Crippen molar-refractivity contribution in [3.8, 4) is 12.3 Å². The predicted molar refractivity (Wildman–Crippen MR) is 52.0 cm³/mol. The van der Waals surface area contributed by atoms with Crippen molar-refractivity contribution in [3.63, 3.8) is 0 Å². The topological polar surface area (TPSA) is 12.0 Å². The number of nitrogens with one attached hydrogen (secondary N) is 1. The Kier molecular flexibility index (Phi) is 3.55. The number of terminal acetylenes is 1. The molecule has 1 aromatic carbocycles. The molecule has 0 amide bonds. The maximum absolute atomic E-state index is 13.5. The van der Waals surface area contributed by atoms with E-state index in [2.05, 4.69) is 11.2 Å². The molecule has 0 saturated heterocycles. The van der Waals surface area contributed by atoms with Crippen LogP contribution in [0.5, 0.6) is 0 Å². The van der Waals surface area contributed by atoms with Crippen LogP contribution in [0, 0.1) is 18.2 Å². The summed E-state index contributed by atoms with van der Waals surface area (Å²) in [5.41, 5.74) is -1.49. The summed E-state index contributed by atoms with van der Waals surface area (Å²) >= 11 is 0. The highest BCUT2D eigenvalue weighted by Gasteiger charge is 2.35. The van der Waals surface area contributed by atoms with Crippen LogP contribution in [0.3, 0.4) is 0 Å². The molecule has 0 spiro atoms. The lowest BCUT2D eigenvalue weighted by Crippen LogP contribution is -2.18. The van der Waals surface area contributed by atoms with Gasteiger partial charge in [-0.2, -0.15) is 13.2 Å². The third-order valence-corrected chi connectivity index (χ3v) is 2.10. The fourth-order valence-corrected chi connectivity index (χ4v) is 1.32. The van der Waals surface area contributed by atoms with Crippen molar-refractivity contribution in [3.05, 3.63) is 35.1 Å². The van der Waals surface area contributed by atoms with Crippen molar-refractivity contribution in [2.24, 2.45) is 0 Å². The predicted octanol–water partition coefficient (Wildman–Crippen LogP) is 2.74. The van der Waals surface area contributed by atoms with Crippen LogP contribution < -0.4 is 5.32 Å². The van der Waals surface area contributed by atoms with Gasteiger partial charge in [-0.1, -0.05) is 18.1 Å². The molecular formula is C11H9F4N. The molecular weight excluding hydrogens is 222 g/mol. The molecule has 1 aromatic rings. The van der Waals surface area contributed by atoms with E-state index in [0.29, 0.717) is 6.07 Å². The molecule has 0 radical (unpaired) electrons. The van der Waals surface area contributed by atoms with Gasteiger partial charge in [0.05, 0.1) is 11.6 Å². The van der Waals surface area contributed by atoms with E-state index in [1.54, 1.807) is 0 Å². The van der Waals surface area contributed by atoms with Crippen LogP contribution in [0.1, 0.15) is 17.2 Å². The molecule has 0 saturated carbocycles. The molecule has 0 aliphatic heterocycles. The zero-order valence-electron chi connectivity index (χ0n) is 8.40. The second-order valence-corrected chi connectivity index (χ2v) is 3.09. The normalized spacial score (nSPS) is 13.2. The summed E-state index contributed by atoms with van der Waals surface area (Å²) in [4.78, 5) is 0. The molecule has 1 atom stereocenters. The summed E-state index contributed by atoms with van der Waals surface area (Å²) in [6, 6.07) is 2.17. The van der Waals surface area contributed by atoms with Crippen molar-refractivity contribution < 1.29 is 17.6 Å². The van der Waals surface area contributed by atoms with Crippen LogP contribution in [0.2, 0.25) is 0 Å². The number of hydrogen-bond donors (Lipinski definition) is 1. The first-order valence-electron chi connectivity index (χ1n) is 4.40. The van der Waals surface area contributed by atoms with Gasteiger partial charge in [0, 0.05) is 5.56 Å². The number of hydrogen-bond acceptors (Lipinski definition) is 1.